The number of carboxylic acid groups (broad SMARTS) is 1. The van der Waals surface area contributed by atoms with Gasteiger partial charge in [-0.05, 0) is 18.4 Å². The summed E-state index contributed by atoms with van der Waals surface area (Å²) >= 11 is 0. The molecule has 9 heteroatoms. The highest BCUT2D eigenvalue weighted by atomic mass is 16.4. The van der Waals surface area contributed by atoms with E-state index in [9.17, 15) is 14.4 Å². The number of H-pyrrole nitrogens is 1. The van der Waals surface area contributed by atoms with Crippen LogP contribution >= 0.6 is 0 Å². The monoisotopic (exact) mass is 319 g/mol. The Balaban J connectivity index is 2.29. The summed E-state index contributed by atoms with van der Waals surface area (Å²) in [6.07, 6.45) is 2.52. The smallest absolute Gasteiger partial charge is 0.325 e. The Labute approximate surface area is 131 Å². The molecule has 23 heavy (non-hydrogen) atoms. The standard InChI is InChI=1S/C14H17N5O4/c1-3-8-9(4-2)16-17-14(23)12(8)13(22)15-10-5-6-19(18-10)7-11(20)21/h5-6H,3-4,7H2,1-2H3,(H,17,23)(H,20,21)(H,15,18,22). The van der Waals surface area contributed by atoms with Gasteiger partial charge in [0.15, 0.2) is 5.82 Å². The first-order valence-electron chi connectivity index (χ1n) is 7.13. The van der Waals surface area contributed by atoms with E-state index in [1.165, 1.54) is 16.9 Å². The molecule has 0 aliphatic heterocycles. The van der Waals surface area contributed by atoms with E-state index in [1.807, 2.05) is 13.8 Å². The lowest BCUT2D eigenvalue weighted by Crippen LogP contribution is -2.28. The number of nitrogens with zero attached hydrogens (tertiary/aromatic N) is 3. The minimum atomic E-state index is -1.04. The number of nitrogens with one attached hydrogen (secondary N) is 2. The number of carbonyl (C=O) groups is 2. The zero-order chi connectivity index (χ0) is 17.0. The average molecular weight is 319 g/mol. The number of amides is 1. The Hall–Kier alpha value is -2.97. The molecule has 122 valence electrons. The van der Waals surface area contributed by atoms with E-state index in [0.29, 0.717) is 24.1 Å². The van der Waals surface area contributed by atoms with Gasteiger partial charge in [0.2, 0.25) is 0 Å². The van der Waals surface area contributed by atoms with Crippen molar-refractivity contribution in [2.75, 3.05) is 5.32 Å². The number of aryl methyl sites for hydroxylation is 1. The molecule has 0 radical (unpaired) electrons. The van der Waals surface area contributed by atoms with Gasteiger partial charge in [-0.15, -0.1) is 0 Å². The molecule has 0 atom stereocenters. The van der Waals surface area contributed by atoms with Crippen molar-refractivity contribution in [3.8, 4) is 0 Å². The van der Waals surface area contributed by atoms with Crippen LogP contribution in [0.15, 0.2) is 17.1 Å². The summed E-state index contributed by atoms with van der Waals surface area (Å²) in [6.45, 7) is 3.41. The van der Waals surface area contributed by atoms with Crippen molar-refractivity contribution >= 4 is 17.7 Å². The molecule has 0 aromatic carbocycles. The summed E-state index contributed by atoms with van der Waals surface area (Å²) in [5.41, 5.74) is 0.695. The van der Waals surface area contributed by atoms with Crippen molar-refractivity contribution in [3.05, 3.63) is 39.4 Å². The summed E-state index contributed by atoms with van der Waals surface area (Å²) in [4.78, 5) is 35.0. The molecule has 2 aromatic heterocycles. The van der Waals surface area contributed by atoms with Gasteiger partial charge in [0.1, 0.15) is 12.1 Å². The lowest BCUT2D eigenvalue weighted by Gasteiger charge is -2.09. The largest absolute Gasteiger partial charge is 0.480 e. The number of aromatic nitrogens is 4. The minimum Gasteiger partial charge on any atom is -0.480 e. The Morgan fingerprint density at radius 3 is 2.70 bits per heavy atom. The molecule has 1 amide bonds. The number of anilines is 1. The van der Waals surface area contributed by atoms with Crippen molar-refractivity contribution in [3.63, 3.8) is 0 Å². The van der Waals surface area contributed by atoms with Crippen molar-refractivity contribution in [2.24, 2.45) is 0 Å². The molecule has 9 nitrogen and oxygen atoms in total. The van der Waals surface area contributed by atoms with Gasteiger partial charge in [0, 0.05) is 12.3 Å². The number of carboxylic acids is 1. The SMILES string of the molecule is CCc1n[nH]c(=O)c(C(=O)Nc2ccn(CC(=O)O)n2)c1CC. The van der Waals surface area contributed by atoms with Crippen LogP contribution in [0, 0.1) is 0 Å². The fourth-order valence-corrected chi connectivity index (χ4v) is 2.27. The van der Waals surface area contributed by atoms with Crippen LogP contribution in [0.3, 0.4) is 0 Å². The first-order chi connectivity index (χ1) is 11.0. The number of hydrogen-bond donors (Lipinski definition) is 3. The average Bonchev–Trinajstić information content (AvgIpc) is 2.92. The molecular formula is C14H17N5O4. The predicted octanol–water partition coefficient (Wildman–Crippen LogP) is 0.428. The minimum absolute atomic E-state index is 0.00661. The Morgan fingerprint density at radius 1 is 1.35 bits per heavy atom. The third-order valence-electron chi connectivity index (χ3n) is 3.26. The molecule has 2 aromatic rings. The highest BCUT2D eigenvalue weighted by molar-refractivity contribution is 6.04. The van der Waals surface area contributed by atoms with Crippen molar-refractivity contribution in [1.82, 2.24) is 20.0 Å². The van der Waals surface area contributed by atoms with E-state index in [4.69, 9.17) is 5.11 Å². The third-order valence-corrected chi connectivity index (χ3v) is 3.26. The lowest BCUT2D eigenvalue weighted by atomic mass is 10.0. The van der Waals surface area contributed by atoms with Gasteiger partial charge in [-0.25, -0.2) is 5.10 Å². The molecule has 0 saturated carbocycles. The maximum atomic E-state index is 12.4. The van der Waals surface area contributed by atoms with Crippen LogP contribution < -0.4 is 10.9 Å². The van der Waals surface area contributed by atoms with Crippen LogP contribution in [-0.4, -0.2) is 37.0 Å². The lowest BCUT2D eigenvalue weighted by molar-refractivity contribution is -0.137. The number of aliphatic carboxylic acids is 1. The van der Waals surface area contributed by atoms with Crippen LogP contribution in [0.1, 0.15) is 35.5 Å². The van der Waals surface area contributed by atoms with Crippen molar-refractivity contribution in [2.45, 2.75) is 33.2 Å². The van der Waals surface area contributed by atoms with Gasteiger partial charge in [-0.1, -0.05) is 13.8 Å². The van der Waals surface area contributed by atoms with Crippen molar-refractivity contribution in [1.29, 1.82) is 0 Å². The summed E-state index contributed by atoms with van der Waals surface area (Å²) in [6, 6.07) is 1.46. The molecule has 3 N–H and O–H groups in total. The van der Waals surface area contributed by atoms with Gasteiger partial charge in [0.05, 0.1) is 5.69 Å². The predicted molar refractivity (Wildman–Crippen MR) is 81.4 cm³/mol. The zero-order valence-corrected chi connectivity index (χ0v) is 12.8. The molecule has 0 fully saturated rings. The number of carbonyl (C=O) groups excluding carboxylic acids is 1. The number of rotatable bonds is 6. The maximum Gasteiger partial charge on any atom is 0.325 e. The normalized spacial score (nSPS) is 10.5. The van der Waals surface area contributed by atoms with Gasteiger partial charge in [0.25, 0.3) is 11.5 Å². The zero-order valence-electron chi connectivity index (χ0n) is 12.8. The number of aromatic amines is 1. The first-order valence-corrected chi connectivity index (χ1v) is 7.13. The van der Waals surface area contributed by atoms with E-state index < -0.39 is 17.4 Å². The summed E-state index contributed by atoms with van der Waals surface area (Å²) in [5, 5.41) is 21.4. The molecule has 0 spiro atoms. The van der Waals surface area contributed by atoms with Crippen LogP contribution in [0.5, 0.6) is 0 Å². The molecule has 2 rings (SSSR count). The molecule has 0 aliphatic rings. The molecule has 2 heterocycles. The molecule has 0 saturated heterocycles. The molecule has 0 unspecified atom stereocenters. The summed E-state index contributed by atoms with van der Waals surface area (Å²) < 4.78 is 1.17. The van der Waals surface area contributed by atoms with Gasteiger partial charge >= 0.3 is 5.97 Å². The second-order valence-corrected chi connectivity index (χ2v) is 4.81. The molecular weight excluding hydrogens is 302 g/mol. The fraction of sp³-hybridized carbons (Fsp3) is 0.357. The number of hydrogen-bond acceptors (Lipinski definition) is 5. The third kappa shape index (κ3) is 3.62. The van der Waals surface area contributed by atoms with Crippen LogP contribution in [0.4, 0.5) is 5.82 Å². The van der Waals surface area contributed by atoms with E-state index in [-0.39, 0.29) is 17.9 Å². The van der Waals surface area contributed by atoms with Gasteiger partial charge in [-0.2, -0.15) is 10.2 Å². The Bertz CT molecular complexity index is 793. The Morgan fingerprint density at radius 2 is 2.09 bits per heavy atom. The highest BCUT2D eigenvalue weighted by Gasteiger charge is 2.19. The first kappa shape index (κ1) is 16.4. The van der Waals surface area contributed by atoms with Gasteiger partial charge in [-0.3, -0.25) is 19.1 Å². The topological polar surface area (TPSA) is 130 Å². The summed E-state index contributed by atoms with van der Waals surface area (Å²) in [7, 11) is 0. The second kappa shape index (κ2) is 6.86. The fourth-order valence-electron chi connectivity index (χ4n) is 2.27. The Kier molecular flexibility index (Phi) is 4.89. The van der Waals surface area contributed by atoms with Crippen LogP contribution in [-0.2, 0) is 24.2 Å². The highest BCUT2D eigenvalue weighted by Crippen LogP contribution is 2.12. The summed E-state index contributed by atoms with van der Waals surface area (Å²) in [5.74, 6) is -1.47. The van der Waals surface area contributed by atoms with Gasteiger partial charge < -0.3 is 10.4 Å². The second-order valence-electron chi connectivity index (χ2n) is 4.81. The van der Waals surface area contributed by atoms with Crippen molar-refractivity contribution < 1.29 is 14.7 Å². The maximum absolute atomic E-state index is 12.4. The van der Waals surface area contributed by atoms with Crippen LogP contribution in [0.2, 0.25) is 0 Å². The van der Waals surface area contributed by atoms with Crippen LogP contribution in [0.25, 0.3) is 0 Å². The van der Waals surface area contributed by atoms with E-state index >= 15 is 0 Å². The molecule has 0 aliphatic carbocycles. The van der Waals surface area contributed by atoms with E-state index in [0.717, 1.165) is 0 Å². The molecule has 0 bridgehead atoms. The quantitative estimate of drug-likeness (QED) is 0.708. The van der Waals surface area contributed by atoms with E-state index in [1.54, 1.807) is 0 Å². The van der Waals surface area contributed by atoms with E-state index in [2.05, 4.69) is 20.6 Å².